The highest BCUT2D eigenvalue weighted by atomic mass is 35.5. The van der Waals surface area contributed by atoms with Crippen molar-refractivity contribution in [2.75, 3.05) is 0 Å². The molecule has 0 aliphatic rings. The van der Waals surface area contributed by atoms with Gasteiger partial charge in [-0.2, -0.15) is 5.26 Å². The summed E-state index contributed by atoms with van der Waals surface area (Å²) in [7, 11) is 0. The van der Waals surface area contributed by atoms with Crippen molar-refractivity contribution in [2.45, 2.75) is 0 Å². The maximum Gasteiger partial charge on any atom is 0.253 e. The van der Waals surface area contributed by atoms with Gasteiger partial charge in [0.25, 0.3) is 5.24 Å². The molecule has 0 aliphatic carbocycles. The van der Waals surface area contributed by atoms with Gasteiger partial charge in [-0.1, -0.05) is 24.3 Å². The van der Waals surface area contributed by atoms with Crippen molar-refractivity contribution >= 4 is 27.6 Å². The number of hydrogen-bond acceptors (Lipinski definition) is 2. The van der Waals surface area contributed by atoms with Crippen molar-refractivity contribution in [2.24, 2.45) is 0 Å². The van der Waals surface area contributed by atoms with Crippen LogP contribution in [0, 0.1) is 11.3 Å². The topological polar surface area (TPSA) is 40.9 Å². The Hall–Kier alpha value is -1.85. The number of benzene rings is 2. The Morgan fingerprint density at radius 3 is 2.40 bits per heavy atom. The van der Waals surface area contributed by atoms with Gasteiger partial charge in [0.05, 0.1) is 11.6 Å². The monoisotopic (exact) mass is 215 g/mol. The summed E-state index contributed by atoms with van der Waals surface area (Å²) in [6.45, 7) is 0. The smallest absolute Gasteiger partial charge is 0.253 e. The molecule has 0 fully saturated rings. The van der Waals surface area contributed by atoms with Crippen LogP contribution in [0.15, 0.2) is 36.4 Å². The molecular formula is C12H6ClNO. The summed E-state index contributed by atoms with van der Waals surface area (Å²) in [4.78, 5) is 11.1. The van der Waals surface area contributed by atoms with Crippen molar-refractivity contribution in [1.82, 2.24) is 0 Å². The Morgan fingerprint density at radius 1 is 1.13 bits per heavy atom. The van der Waals surface area contributed by atoms with Gasteiger partial charge in [0, 0.05) is 10.9 Å². The minimum absolute atomic E-state index is 0.436. The molecule has 0 saturated carbocycles. The number of halogens is 1. The highest BCUT2D eigenvalue weighted by Crippen LogP contribution is 2.23. The molecule has 15 heavy (non-hydrogen) atoms. The van der Waals surface area contributed by atoms with Gasteiger partial charge in [-0.05, 0) is 29.1 Å². The highest BCUT2D eigenvalue weighted by molar-refractivity contribution is 6.68. The van der Waals surface area contributed by atoms with Gasteiger partial charge in [-0.15, -0.1) is 0 Å². The first kappa shape index (κ1) is 9.70. The summed E-state index contributed by atoms with van der Waals surface area (Å²) >= 11 is 5.46. The van der Waals surface area contributed by atoms with Crippen LogP contribution in [0.3, 0.4) is 0 Å². The SMILES string of the molecule is N#Cc1ccc(C(=O)Cl)c2ccccc12. The van der Waals surface area contributed by atoms with E-state index in [-0.39, 0.29) is 0 Å². The Labute approximate surface area is 91.7 Å². The van der Waals surface area contributed by atoms with E-state index in [0.717, 1.165) is 10.8 Å². The number of nitriles is 1. The Kier molecular flexibility index (Phi) is 2.40. The number of fused-ring (bicyclic) bond motifs is 1. The Bertz CT molecular complexity index is 584. The van der Waals surface area contributed by atoms with Gasteiger partial charge < -0.3 is 0 Å². The molecule has 3 heteroatoms. The van der Waals surface area contributed by atoms with Crippen LogP contribution in [0.2, 0.25) is 0 Å². The number of rotatable bonds is 1. The summed E-state index contributed by atoms with van der Waals surface area (Å²) in [5.41, 5.74) is 0.985. The fourth-order valence-corrected chi connectivity index (χ4v) is 1.73. The predicted octanol–water partition coefficient (Wildman–Crippen LogP) is 3.09. The molecule has 2 rings (SSSR count). The van der Waals surface area contributed by atoms with Crippen LogP contribution in [0.4, 0.5) is 0 Å². The third-order valence-electron chi connectivity index (χ3n) is 2.26. The molecule has 0 bridgehead atoms. The van der Waals surface area contributed by atoms with E-state index in [1.54, 1.807) is 24.3 Å². The molecule has 0 amide bonds. The van der Waals surface area contributed by atoms with Crippen molar-refractivity contribution in [3.63, 3.8) is 0 Å². The molecule has 72 valence electrons. The van der Waals surface area contributed by atoms with Gasteiger partial charge in [-0.25, -0.2) is 0 Å². The zero-order chi connectivity index (χ0) is 10.8. The van der Waals surface area contributed by atoms with Gasteiger partial charge in [0.1, 0.15) is 0 Å². The number of hydrogen-bond donors (Lipinski definition) is 0. The summed E-state index contributed by atoms with van der Waals surface area (Å²) < 4.78 is 0. The first-order valence-corrected chi connectivity index (χ1v) is 4.73. The fourth-order valence-electron chi connectivity index (χ4n) is 1.57. The van der Waals surface area contributed by atoms with Crippen LogP contribution >= 0.6 is 11.6 Å². The Morgan fingerprint density at radius 2 is 1.80 bits per heavy atom. The van der Waals surface area contributed by atoms with E-state index < -0.39 is 5.24 Å². The average Bonchev–Trinajstić information content (AvgIpc) is 2.27. The fraction of sp³-hybridized carbons (Fsp3) is 0. The summed E-state index contributed by atoms with van der Waals surface area (Å²) in [6, 6.07) is 12.5. The van der Waals surface area contributed by atoms with E-state index in [9.17, 15) is 4.79 Å². The van der Waals surface area contributed by atoms with Crippen LogP contribution in [0.1, 0.15) is 15.9 Å². The van der Waals surface area contributed by atoms with Crippen LogP contribution in [-0.2, 0) is 0 Å². The minimum Gasteiger partial charge on any atom is -0.276 e. The molecule has 0 N–H and O–H groups in total. The molecule has 2 aromatic rings. The third kappa shape index (κ3) is 1.58. The van der Waals surface area contributed by atoms with Crippen LogP contribution in [-0.4, -0.2) is 5.24 Å². The molecule has 0 aromatic heterocycles. The first-order chi connectivity index (χ1) is 7.24. The second kappa shape index (κ2) is 3.72. The normalized spacial score (nSPS) is 9.87. The lowest BCUT2D eigenvalue weighted by molar-refractivity contribution is 0.108. The number of carbonyl (C=O) groups is 1. The molecule has 0 atom stereocenters. The number of nitrogens with zero attached hydrogens (tertiary/aromatic N) is 1. The Balaban J connectivity index is 2.91. The molecule has 0 heterocycles. The number of carbonyl (C=O) groups excluding carboxylic acids is 1. The molecular weight excluding hydrogens is 210 g/mol. The second-order valence-corrected chi connectivity index (χ2v) is 3.44. The second-order valence-electron chi connectivity index (χ2n) is 3.09. The highest BCUT2D eigenvalue weighted by Gasteiger charge is 2.09. The molecule has 0 aliphatic heterocycles. The van der Waals surface area contributed by atoms with E-state index in [0.29, 0.717) is 11.1 Å². The van der Waals surface area contributed by atoms with E-state index >= 15 is 0 Å². The van der Waals surface area contributed by atoms with E-state index in [1.165, 1.54) is 0 Å². The van der Waals surface area contributed by atoms with Gasteiger partial charge in [0.2, 0.25) is 0 Å². The molecule has 0 saturated heterocycles. The van der Waals surface area contributed by atoms with Crippen molar-refractivity contribution in [3.8, 4) is 6.07 Å². The minimum atomic E-state index is -0.504. The average molecular weight is 216 g/mol. The first-order valence-electron chi connectivity index (χ1n) is 4.35. The summed E-state index contributed by atoms with van der Waals surface area (Å²) in [6.07, 6.45) is 0. The zero-order valence-corrected chi connectivity index (χ0v) is 8.45. The van der Waals surface area contributed by atoms with Gasteiger partial charge >= 0.3 is 0 Å². The molecule has 0 unspecified atom stereocenters. The third-order valence-corrected chi connectivity index (χ3v) is 2.46. The largest absolute Gasteiger partial charge is 0.276 e. The molecule has 0 spiro atoms. The maximum absolute atomic E-state index is 11.1. The van der Waals surface area contributed by atoms with Crippen molar-refractivity contribution in [1.29, 1.82) is 5.26 Å². The maximum atomic E-state index is 11.1. The van der Waals surface area contributed by atoms with Gasteiger partial charge in [0.15, 0.2) is 0 Å². The van der Waals surface area contributed by atoms with E-state index in [2.05, 4.69) is 6.07 Å². The summed E-state index contributed by atoms with van der Waals surface area (Å²) in [5.74, 6) is 0. The van der Waals surface area contributed by atoms with Crippen molar-refractivity contribution in [3.05, 3.63) is 47.5 Å². The quantitative estimate of drug-likeness (QED) is 0.686. The molecule has 2 nitrogen and oxygen atoms in total. The lowest BCUT2D eigenvalue weighted by Crippen LogP contribution is -1.92. The van der Waals surface area contributed by atoms with Crippen LogP contribution < -0.4 is 0 Å². The van der Waals surface area contributed by atoms with E-state index in [4.69, 9.17) is 16.9 Å². The lowest BCUT2D eigenvalue weighted by atomic mass is 10.0. The van der Waals surface area contributed by atoms with Gasteiger partial charge in [-0.3, -0.25) is 4.79 Å². The predicted molar refractivity (Wildman–Crippen MR) is 58.8 cm³/mol. The zero-order valence-electron chi connectivity index (χ0n) is 7.70. The summed E-state index contributed by atoms with van der Waals surface area (Å²) in [5, 5.41) is 9.87. The van der Waals surface area contributed by atoms with Crippen molar-refractivity contribution < 1.29 is 4.79 Å². The molecule has 0 radical (unpaired) electrons. The van der Waals surface area contributed by atoms with Crippen LogP contribution in [0.5, 0.6) is 0 Å². The standard InChI is InChI=1S/C12H6ClNO/c13-12(15)11-6-5-8(7-14)9-3-1-2-4-10(9)11/h1-6H. The van der Waals surface area contributed by atoms with E-state index in [1.807, 2.05) is 12.1 Å². The molecule has 2 aromatic carbocycles. The van der Waals surface area contributed by atoms with Crippen LogP contribution in [0.25, 0.3) is 10.8 Å². The lowest BCUT2D eigenvalue weighted by Gasteiger charge is -2.03.